The zero-order valence-corrected chi connectivity index (χ0v) is 18.9. The van der Waals surface area contributed by atoms with E-state index in [2.05, 4.69) is 0 Å². The van der Waals surface area contributed by atoms with E-state index in [-0.39, 0.29) is 62.1 Å². The minimum absolute atomic E-state index is 0. The van der Waals surface area contributed by atoms with Gasteiger partial charge in [-0.2, -0.15) is 8.42 Å². The van der Waals surface area contributed by atoms with Crippen LogP contribution in [-0.4, -0.2) is 75.9 Å². The van der Waals surface area contributed by atoms with E-state index in [0.29, 0.717) is 12.8 Å². The first-order chi connectivity index (χ1) is 12.3. The second kappa shape index (κ2) is 13.5. The van der Waals surface area contributed by atoms with E-state index in [0.717, 1.165) is 37.8 Å². The van der Waals surface area contributed by atoms with Crippen LogP contribution in [0.2, 0.25) is 0 Å². The normalized spacial score (nSPS) is 10.8. The molecule has 0 saturated carbocycles. The largest absolute Gasteiger partial charge is 2.00 e. The molecule has 0 spiro atoms. The molecule has 0 bridgehead atoms. The van der Waals surface area contributed by atoms with Gasteiger partial charge in [0.2, 0.25) is 0 Å². The molecule has 0 saturated heterocycles. The molecular weight excluding hydrogens is 400 g/mol. The molecule has 0 fully saturated rings. The number of esters is 2. The zero-order chi connectivity index (χ0) is 19.6. The smallest absolute Gasteiger partial charge is 0.462 e. The molecule has 146 valence electrons. The second-order valence-electron chi connectivity index (χ2n) is 5.91. The molecule has 0 amide bonds. The van der Waals surface area contributed by atoms with Crippen molar-refractivity contribution in [2.24, 2.45) is 0 Å². The molecule has 0 unspecified atom stereocenters. The molecule has 27 heavy (non-hydrogen) atoms. The molecule has 7 nitrogen and oxygen atoms in total. The summed E-state index contributed by atoms with van der Waals surface area (Å²) in [5.41, 5.74) is -0.255. The van der Waals surface area contributed by atoms with Gasteiger partial charge in [-0.25, -0.2) is 9.59 Å². The number of benzene rings is 1. The summed E-state index contributed by atoms with van der Waals surface area (Å²) in [7, 11) is -4.59. The Balaban J connectivity index is 0.00000676. The molecule has 1 N–H and O–H groups in total. The molecule has 0 atom stereocenters. The predicted octanol–water partition coefficient (Wildman–Crippen LogP) is 3.25. The molecular formula is C18H26CaO7S+2. The van der Waals surface area contributed by atoms with Gasteiger partial charge < -0.3 is 9.47 Å². The maximum atomic E-state index is 12.1. The Labute approximate surface area is 190 Å². The molecule has 0 aliphatic rings. The van der Waals surface area contributed by atoms with E-state index in [1.54, 1.807) is 0 Å². The molecule has 1 rings (SSSR count). The minimum Gasteiger partial charge on any atom is -0.462 e. The van der Waals surface area contributed by atoms with Gasteiger partial charge in [0, 0.05) is 0 Å². The van der Waals surface area contributed by atoms with Crippen LogP contribution < -0.4 is 0 Å². The summed E-state index contributed by atoms with van der Waals surface area (Å²) in [6.07, 6.45) is 5.09. The van der Waals surface area contributed by atoms with E-state index in [1.807, 2.05) is 13.8 Å². The van der Waals surface area contributed by atoms with Gasteiger partial charge in [0.05, 0.1) is 29.2 Å². The Morgan fingerprint density at radius 1 is 0.852 bits per heavy atom. The molecule has 1 aromatic carbocycles. The number of ether oxygens (including phenoxy) is 2. The topological polar surface area (TPSA) is 107 Å². The van der Waals surface area contributed by atoms with Crippen molar-refractivity contribution in [1.29, 1.82) is 0 Å². The van der Waals surface area contributed by atoms with E-state index < -0.39 is 27.0 Å². The van der Waals surface area contributed by atoms with Crippen molar-refractivity contribution in [3.63, 3.8) is 0 Å². The van der Waals surface area contributed by atoms with Crippen LogP contribution in [0.4, 0.5) is 0 Å². The van der Waals surface area contributed by atoms with Gasteiger partial charge >= 0.3 is 49.7 Å². The number of carbonyl (C=O) groups excluding carboxylic acids is 2. The van der Waals surface area contributed by atoms with Gasteiger partial charge in [0.1, 0.15) is 0 Å². The molecule has 9 heteroatoms. The number of hydrogen-bond acceptors (Lipinski definition) is 6. The third kappa shape index (κ3) is 9.89. The van der Waals surface area contributed by atoms with Crippen molar-refractivity contribution in [3.05, 3.63) is 29.3 Å². The van der Waals surface area contributed by atoms with Crippen molar-refractivity contribution in [1.82, 2.24) is 0 Å². The summed E-state index contributed by atoms with van der Waals surface area (Å²) in [5.74, 6) is -1.52. The SMILES string of the molecule is CCCCCOC(=O)c1cc(C(=O)OCCCCC)cc(S(=O)(=O)O)c1.[Ca+2]. The van der Waals surface area contributed by atoms with E-state index >= 15 is 0 Å². The fourth-order valence-electron chi connectivity index (χ4n) is 2.18. The number of hydrogen-bond donors (Lipinski definition) is 1. The molecule has 1 aromatic rings. The van der Waals surface area contributed by atoms with Crippen molar-refractivity contribution >= 4 is 59.8 Å². The van der Waals surface area contributed by atoms with Gasteiger partial charge in [-0.15, -0.1) is 0 Å². The first-order valence-electron chi connectivity index (χ1n) is 8.76. The molecule has 0 aliphatic carbocycles. The number of rotatable bonds is 11. The Bertz CT molecular complexity index is 674. The van der Waals surface area contributed by atoms with E-state index in [1.165, 1.54) is 6.07 Å². The summed E-state index contributed by atoms with van der Waals surface area (Å²) in [6.45, 7) is 4.41. The summed E-state index contributed by atoms with van der Waals surface area (Å²) >= 11 is 0. The van der Waals surface area contributed by atoms with E-state index in [9.17, 15) is 22.6 Å². The van der Waals surface area contributed by atoms with Crippen LogP contribution in [0.15, 0.2) is 23.1 Å². The molecule has 0 aromatic heterocycles. The van der Waals surface area contributed by atoms with Crippen molar-refractivity contribution in [3.8, 4) is 0 Å². The Kier molecular flexibility index (Phi) is 13.2. The van der Waals surface area contributed by atoms with Gasteiger partial charge in [-0.05, 0) is 31.0 Å². The average molecular weight is 427 g/mol. The quantitative estimate of drug-likeness (QED) is 0.250. The van der Waals surface area contributed by atoms with Gasteiger partial charge in [0.25, 0.3) is 10.1 Å². The van der Waals surface area contributed by atoms with Crippen LogP contribution in [0.5, 0.6) is 0 Å². The summed E-state index contributed by atoms with van der Waals surface area (Å²) in [6, 6.07) is 3.16. The first kappa shape index (κ1) is 26.3. The molecule has 0 heterocycles. The Hall–Kier alpha value is -0.670. The number of carbonyl (C=O) groups is 2. The van der Waals surface area contributed by atoms with Crippen molar-refractivity contribution in [2.75, 3.05) is 13.2 Å². The number of unbranched alkanes of at least 4 members (excludes halogenated alkanes) is 4. The molecule has 0 aliphatic heterocycles. The standard InChI is InChI=1S/C18H26O7S.Ca/c1-3-5-7-9-24-17(19)14-11-15(13-16(12-14)26(21,22)23)18(20)25-10-8-6-4-2;/h11-13H,3-10H2,1-2H3,(H,21,22,23);/q;+2. The van der Waals surface area contributed by atoms with Crippen LogP contribution in [0, 0.1) is 0 Å². The third-order valence-electron chi connectivity index (χ3n) is 3.64. The average Bonchev–Trinajstić information content (AvgIpc) is 2.61. The Morgan fingerprint density at radius 3 is 1.59 bits per heavy atom. The monoisotopic (exact) mass is 426 g/mol. The fraction of sp³-hybridized carbons (Fsp3) is 0.556. The van der Waals surface area contributed by atoms with Gasteiger partial charge in [0.15, 0.2) is 0 Å². The minimum atomic E-state index is -4.59. The fourth-order valence-corrected chi connectivity index (χ4v) is 2.74. The van der Waals surface area contributed by atoms with Gasteiger partial charge in [-0.1, -0.05) is 39.5 Å². The van der Waals surface area contributed by atoms with Gasteiger partial charge in [-0.3, -0.25) is 4.55 Å². The van der Waals surface area contributed by atoms with Crippen LogP contribution in [0.3, 0.4) is 0 Å². The third-order valence-corrected chi connectivity index (χ3v) is 4.47. The van der Waals surface area contributed by atoms with E-state index in [4.69, 9.17) is 9.47 Å². The predicted molar refractivity (Wildman–Crippen MR) is 102 cm³/mol. The van der Waals surface area contributed by atoms with Crippen LogP contribution >= 0.6 is 0 Å². The first-order valence-corrected chi connectivity index (χ1v) is 10.2. The maximum absolute atomic E-state index is 12.1. The Morgan fingerprint density at radius 2 is 1.26 bits per heavy atom. The second-order valence-corrected chi connectivity index (χ2v) is 7.33. The van der Waals surface area contributed by atoms with Crippen LogP contribution in [0.1, 0.15) is 73.1 Å². The summed E-state index contributed by atoms with van der Waals surface area (Å²) < 4.78 is 42.3. The van der Waals surface area contributed by atoms with Crippen molar-refractivity contribution in [2.45, 2.75) is 57.3 Å². The maximum Gasteiger partial charge on any atom is 2.00 e. The summed E-state index contributed by atoms with van der Waals surface area (Å²) in [5, 5.41) is 0. The molecule has 0 radical (unpaired) electrons. The summed E-state index contributed by atoms with van der Waals surface area (Å²) in [4.78, 5) is 23.7. The van der Waals surface area contributed by atoms with Crippen LogP contribution in [-0.2, 0) is 19.6 Å². The van der Waals surface area contributed by atoms with Crippen LogP contribution in [0.25, 0.3) is 0 Å². The van der Waals surface area contributed by atoms with Crippen molar-refractivity contribution < 1.29 is 32.0 Å². The zero-order valence-electron chi connectivity index (χ0n) is 15.9.